The first-order valence-corrected chi connectivity index (χ1v) is 13.3. The van der Waals surface area contributed by atoms with Gasteiger partial charge in [-0.15, -0.1) is 11.3 Å². The number of rotatable bonds is 12. The number of hydrogen-bond acceptors (Lipinski definition) is 7. The Morgan fingerprint density at radius 2 is 1.91 bits per heavy atom. The Labute approximate surface area is 199 Å². The van der Waals surface area contributed by atoms with Gasteiger partial charge in [0.2, 0.25) is 5.78 Å². The molecule has 2 rings (SSSR count). The Hall–Kier alpha value is -2.52. The van der Waals surface area contributed by atoms with E-state index in [-0.39, 0.29) is 10.8 Å². The zero-order chi connectivity index (χ0) is 24.6. The van der Waals surface area contributed by atoms with Crippen molar-refractivity contribution < 1.29 is 27.5 Å². The van der Waals surface area contributed by atoms with Crippen LogP contribution in [0.15, 0.2) is 34.5 Å². The molecule has 0 aliphatic carbocycles. The van der Waals surface area contributed by atoms with Crippen molar-refractivity contribution >= 4 is 39.5 Å². The van der Waals surface area contributed by atoms with E-state index < -0.39 is 27.8 Å². The van der Waals surface area contributed by atoms with Gasteiger partial charge in [-0.25, -0.2) is 17.9 Å². The lowest BCUT2D eigenvalue weighted by molar-refractivity contribution is -0.130. The SMILES string of the molecule is CCCCOC(=O)NS(=O)(=O)c1sc(CC(C)C)cc1-c1cccc(C(CC)C(=O)C=O)c1. The highest BCUT2D eigenvalue weighted by Crippen LogP contribution is 2.37. The number of hydrogen-bond donors (Lipinski definition) is 1. The maximum atomic E-state index is 13.1. The normalized spacial score (nSPS) is 12.4. The molecule has 1 aromatic carbocycles. The van der Waals surface area contributed by atoms with Crippen LogP contribution in [0.25, 0.3) is 11.1 Å². The first-order valence-electron chi connectivity index (χ1n) is 11.0. The van der Waals surface area contributed by atoms with E-state index in [2.05, 4.69) is 0 Å². The van der Waals surface area contributed by atoms with Crippen LogP contribution in [0.1, 0.15) is 63.3 Å². The van der Waals surface area contributed by atoms with E-state index in [9.17, 15) is 22.8 Å². The quantitative estimate of drug-likeness (QED) is 0.251. The molecule has 0 bridgehead atoms. The number of carbonyl (C=O) groups excluding carboxylic acids is 3. The molecule has 0 aliphatic rings. The van der Waals surface area contributed by atoms with E-state index in [4.69, 9.17) is 4.74 Å². The number of nitrogens with one attached hydrogen (secondary N) is 1. The summed E-state index contributed by atoms with van der Waals surface area (Å²) >= 11 is 1.11. The molecule has 180 valence electrons. The average molecular weight is 494 g/mol. The van der Waals surface area contributed by atoms with Gasteiger partial charge in [0, 0.05) is 16.4 Å². The molecular formula is C24H31NO6S2. The Kier molecular flexibility index (Phi) is 9.79. The Bertz CT molecular complexity index is 1090. The van der Waals surface area contributed by atoms with E-state index in [1.165, 1.54) is 0 Å². The summed E-state index contributed by atoms with van der Waals surface area (Å²) in [5.41, 5.74) is 1.68. The zero-order valence-corrected chi connectivity index (χ0v) is 21.1. The van der Waals surface area contributed by atoms with Crippen LogP contribution in [0.2, 0.25) is 0 Å². The molecule has 2 aromatic rings. The number of sulfonamides is 1. The van der Waals surface area contributed by atoms with Gasteiger partial charge in [-0.1, -0.05) is 58.4 Å². The molecule has 1 heterocycles. The van der Waals surface area contributed by atoms with Crippen molar-refractivity contribution in [3.8, 4) is 11.1 Å². The number of ketones is 1. The van der Waals surface area contributed by atoms with Crippen molar-refractivity contribution in [2.75, 3.05) is 6.61 Å². The molecule has 0 radical (unpaired) electrons. The highest BCUT2D eigenvalue weighted by Gasteiger charge is 2.27. The number of Topliss-reactive ketones (excluding diaryl/α,β-unsaturated/α-hetero) is 1. The predicted octanol–water partition coefficient (Wildman–Crippen LogP) is 5.09. The first kappa shape index (κ1) is 26.7. The van der Waals surface area contributed by atoms with Crippen LogP contribution >= 0.6 is 11.3 Å². The van der Waals surface area contributed by atoms with Crippen molar-refractivity contribution in [1.82, 2.24) is 4.72 Å². The Balaban J connectivity index is 2.50. The van der Waals surface area contributed by atoms with Crippen LogP contribution in [-0.2, 0) is 30.8 Å². The standard InChI is InChI=1S/C24H31NO6S2/c1-5-7-11-31-24(28)25-33(29,30)23-21(14-19(32-23)12-16(3)4)18-10-8-9-17(13-18)20(6-2)22(27)15-26/h8-10,13-16,20H,5-7,11-12H2,1-4H3,(H,25,28). The minimum atomic E-state index is -4.18. The van der Waals surface area contributed by atoms with E-state index in [0.29, 0.717) is 48.2 Å². The second-order valence-electron chi connectivity index (χ2n) is 8.21. The summed E-state index contributed by atoms with van der Waals surface area (Å²) in [5, 5.41) is 0. The minimum Gasteiger partial charge on any atom is -0.449 e. The third-order valence-corrected chi connectivity index (χ3v) is 8.02. The molecule has 0 saturated heterocycles. The molecule has 1 unspecified atom stereocenters. The second kappa shape index (κ2) is 12.1. The van der Waals surface area contributed by atoms with Crippen molar-refractivity contribution in [2.45, 2.75) is 63.5 Å². The number of thiophene rings is 1. The fourth-order valence-corrected chi connectivity index (χ4v) is 6.27. The highest BCUT2D eigenvalue weighted by atomic mass is 32.2. The predicted molar refractivity (Wildman–Crippen MR) is 129 cm³/mol. The van der Waals surface area contributed by atoms with Crippen LogP contribution in [0.3, 0.4) is 0 Å². The highest BCUT2D eigenvalue weighted by molar-refractivity contribution is 7.92. The summed E-state index contributed by atoms with van der Waals surface area (Å²) in [5.74, 6) is -0.812. The fourth-order valence-electron chi connectivity index (χ4n) is 3.43. The summed E-state index contributed by atoms with van der Waals surface area (Å²) in [7, 11) is -4.18. The molecular weight excluding hydrogens is 462 g/mol. The fraction of sp³-hybridized carbons (Fsp3) is 0.458. The first-order chi connectivity index (χ1) is 15.6. The van der Waals surface area contributed by atoms with Crippen molar-refractivity contribution in [1.29, 1.82) is 0 Å². The molecule has 1 amide bonds. The summed E-state index contributed by atoms with van der Waals surface area (Å²) in [6.45, 7) is 7.96. The smallest absolute Gasteiger partial charge is 0.421 e. The molecule has 0 spiro atoms. The van der Waals surface area contributed by atoms with E-state index in [0.717, 1.165) is 22.6 Å². The zero-order valence-electron chi connectivity index (χ0n) is 19.4. The Morgan fingerprint density at radius 1 is 1.18 bits per heavy atom. The van der Waals surface area contributed by atoms with Crippen LogP contribution in [0, 0.1) is 5.92 Å². The molecule has 0 fully saturated rings. The lowest BCUT2D eigenvalue weighted by Gasteiger charge is -2.13. The topological polar surface area (TPSA) is 107 Å². The van der Waals surface area contributed by atoms with E-state index in [1.807, 2.05) is 38.5 Å². The van der Waals surface area contributed by atoms with E-state index >= 15 is 0 Å². The summed E-state index contributed by atoms with van der Waals surface area (Å²) in [4.78, 5) is 36.0. The third-order valence-electron chi connectivity index (χ3n) is 5.02. The molecule has 0 saturated carbocycles. The number of aldehydes is 1. The lowest BCUT2D eigenvalue weighted by atomic mass is 9.90. The maximum Gasteiger partial charge on any atom is 0.421 e. The van der Waals surface area contributed by atoms with Crippen LogP contribution in [-0.4, -0.2) is 33.2 Å². The van der Waals surface area contributed by atoms with Crippen molar-refractivity contribution in [3.63, 3.8) is 0 Å². The monoisotopic (exact) mass is 493 g/mol. The number of ether oxygens (including phenoxy) is 1. The molecule has 1 aromatic heterocycles. The van der Waals surface area contributed by atoms with Gasteiger partial charge >= 0.3 is 6.09 Å². The van der Waals surface area contributed by atoms with Gasteiger partial charge < -0.3 is 4.74 Å². The molecule has 0 aliphatic heterocycles. The molecule has 9 heteroatoms. The van der Waals surface area contributed by atoms with Gasteiger partial charge in [0.15, 0.2) is 6.29 Å². The number of carbonyl (C=O) groups is 3. The molecule has 7 nitrogen and oxygen atoms in total. The van der Waals surface area contributed by atoms with Crippen LogP contribution in [0.4, 0.5) is 4.79 Å². The van der Waals surface area contributed by atoms with E-state index in [1.54, 1.807) is 24.3 Å². The average Bonchev–Trinajstić information content (AvgIpc) is 3.18. The summed E-state index contributed by atoms with van der Waals surface area (Å²) in [6.07, 6.45) is 1.88. The number of benzene rings is 1. The van der Waals surface area contributed by atoms with Gasteiger partial charge in [-0.2, -0.15) is 0 Å². The third kappa shape index (κ3) is 7.23. The summed E-state index contributed by atoms with van der Waals surface area (Å²) in [6, 6.07) is 8.77. The molecule has 1 atom stereocenters. The van der Waals surface area contributed by atoms with Crippen molar-refractivity contribution in [3.05, 3.63) is 40.8 Å². The molecule has 33 heavy (non-hydrogen) atoms. The largest absolute Gasteiger partial charge is 0.449 e. The van der Waals surface area contributed by atoms with Gasteiger partial charge in [0.25, 0.3) is 10.0 Å². The van der Waals surface area contributed by atoms with Gasteiger partial charge in [0.05, 0.1) is 6.61 Å². The minimum absolute atomic E-state index is 0.0116. The Morgan fingerprint density at radius 3 is 2.52 bits per heavy atom. The maximum absolute atomic E-state index is 13.1. The summed E-state index contributed by atoms with van der Waals surface area (Å²) < 4.78 is 33.2. The van der Waals surface area contributed by atoms with Crippen LogP contribution in [0.5, 0.6) is 0 Å². The lowest BCUT2D eigenvalue weighted by Crippen LogP contribution is -2.31. The van der Waals surface area contributed by atoms with Gasteiger partial charge in [0.1, 0.15) is 4.21 Å². The van der Waals surface area contributed by atoms with Crippen LogP contribution < -0.4 is 4.72 Å². The van der Waals surface area contributed by atoms with Gasteiger partial charge in [-0.3, -0.25) is 9.59 Å². The van der Waals surface area contributed by atoms with Gasteiger partial charge in [-0.05, 0) is 42.4 Å². The van der Waals surface area contributed by atoms with Crippen molar-refractivity contribution in [2.24, 2.45) is 5.92 Å². The number of unbranched alkanes of at least 4 members (excludes halogenated alkanes) is 1. The molecule has 1 N–H and O–H groups in total. The second-order valence-corrected chi connectivity index (χ2v) is 11.2. The number of amides is 1.